The topological polar surface area (TPSA) is 44.5 Å². The fraction of sp³-hybridized carbons (Fsp3) is 0.150. The van der Waals surface area contributed by atoms with E-state index in [0.29, 0.717) is 12.4 Å². The molecule has 2 heterocycles. The SMILES string of the molecule is Br.CCOc1ccc(-c2nc(-c3cc4ccccc4o3)cs2)cc1OC. The summed E-state index contributed by atoms with van der Waals surface area (Å²) in [6.07, 6.45) is 0. The number of furan rings is 1. The van der Waals surface area contributed by atoms with E-state index in [0.717, 1.165) is 38.7 Å². The monoisotopic (exact) mass is 431 g/mol. The van der Waals surface area contributed by atoms with Crippen LogP contribution in [0.5, 0.6) is 11.5 Å². The summed E-state index contributed by atoms with van der Waals surface area (Å²) in [5.41, 5.74) is 2.70. The second-order valence-electron chi connectivity index (χ2n) is 5.49. The van der Waals surface area contributed by atoms with Gasteiger partial charge in [-0.15, -0.1) is 28.3 Å². The average molecular weight is 432 g/mol. The summed E-state index contributed by atoms with van der Waals surface area (Å²) in [6.45, 7) is 2.55. The molecular formula is C20H18BrNO3S. The molecule has 0 atom stereocenters. The molecule has 0 saturated carbocycles. The molecule has 0 saturated heterocycles. The van der Waals surface area contributed by atoms with E-state index in [1.165, 1.54) is 0 Å². The average Bonchev–Trinajstić information content (AvgIpc) is 3.29. The molecule has 0 aliphatic rings. The van der Waals surface area contributed by atoms with E-state index in [4.69, 9.17) is 18.9 Å². The first-order valence-corrected chi connectivity index (χ1v) is 8.92. The molecule has 0 amide bonds. The summed E-state index contributed by atoms with van der Waals surface area (Å²) in [6, 6.07) is 15.8. The Labute approximate surface area is 166 Å². The van der Waals surface area contributed by atoms with Crippen molar-refractivity contribution in [1.82, 2.24) is 4.98 Å². The molecule has 0 N–H and O–H groups in total. The van der Waals surface area contributed by atoms with Crippen molar-refractivity contribution >= 4 is 39.3 Å². The molecule has 4 nitrogen and oxygen atoms in total. The number of para-hydroxylation sites is 1. The van der Waals surface area contributed by atoms with E-state index in [1.54, 1.807) is 18.4 Å². The Morgan fingerprint density at radius 2 is 1.92 bits per heavy atom. The lowest BCUT2D eigenvalue weighted by Gasteiger charge is -2.09. The number of benzene rings is 2. The van der Waals surface area contributed by atoms with Gasteiger partial charge in [0.05, 0.1) is 13.7 Å². The zero-order valence-corrected chi connectivity index (χ0v) is 16.9. The van der Waals surface area contributed by atoms with Crippen molar-refractivity contribution in [2.24, 2.45) is 0 Å². The molecule has 6 heteroatoms. The van der Waals surface area contributed by atoms with Crippen LogP contribution < -0.4 is 9.47 Å². The number of fused-ring (bicyclic) bond motifs is 1. The van der Waals surface area contributed by atoms with Gasteiger partial charge in [-0.2, -0.15) is 0 Å². The van der Waals surface area contributed by atoms with Crippen molar-refractivity contribution in [2.45, 2.75) is 6.92 Å². The summed E-state index contributed by atoms with van der Waals surface area (Å²) in [4.78, 5) is 4.73. The van der Waals surface area contributed by atoms with E-state index >= 15 is 0 Å². The molecule has 0 unspecified atom stereocenters. The van der Waals surface area contributed by atoms with E-state index < -0.39 is 0 Å². The van der Waals surface area contributed by atoms with Gasteiger partial charge >= 0.3 is 0 Å². The minimum absolute atomic E-state index is 0. The fourth-order valence-electron chi connectivity index (χ4n) is 2.70. The minimum atomic E-state index is 0. The molecular weight excluding hydrogens is 414 g/mol. The lowest BCUT2D eigenvalue weighted by atomic mass is 10.2. The molecule has 2 aromatic heterocycles. The third kappa shape index (κ3) is 3.48. The first kappa shape index (κ1) is 18.5. The van der Waals surface area contributed by atoms with Gasteiger partial charge in [-0.1, -0.05) is 18.2 Å². The number of ether oxygens (including phenoxy) is 2. The summed E-state index contributed by atoms with van der Waals surface area (Å²) >= 11 is 1.58. The van der Waals surface area contributed by atoms with Gasteiger partial charge in [0, 0.05) is 16.3 Å². The molecule has 0 radical (unpaired) electrons. The summed E-state index contributed by atoms with van der Waals surface area (Å²) < 4.78 is 16.9. The summed E-state index contributed by atoms with van der Waals surface area (Å²) in [5, 5.41) is 4.00. The van der Waals surface area contributed by atoms with Crippen LogP contribution in [0.4, 0.5) is 0 Å². The minimum Gasteiger partial charge on any atom is -0.493 e. The van der Waals surface area contributed by atoms with Crippen LogP contribution in [0.3, 0.4) is 0 Å². The maximum atomic E-state index is 5.90. The number of hydrogen-bond acceptors (Lipinski definition) is 5. The third-order valence-electron chi connectivity index (χ3n) is 3.89. The highest BCUT2D eigenvalue weighted by Gasteiger charge is 2.13. The number of thiazole rings is 1. The van der Waals surface area contributed by atoms with Crippen molar-refractivity contribution in [3.05, 3.63) is 53.9 Å². The van der Waals surface area contributed by atoms with E-state index in [2.05, 4.69) is 0 Å². The summed E-state index contributed by atoms with van der Waals surface area (Å²) in [5.74, 6) is 2.23. The first-order chi connectivity index (χ1) is 12.3. The number of methoxy groups -OCH3 is 1. The van der Waals surface area contributed by atoms with E-state index in [1.807, 2.05) is 60.8 Å². The molecule has 0 bridgehead atoms. The highest BCUT2D eigenvalue weighted by atomic mass is 79.9. The van der Waals surface area contributed by atoms with Crippen molar-refractivity contribution in [3.63, 3.8) is 0 Å². The van der Waals surface area contributed by atoms with E-state index in [9.17, 15) is 0 Å². The number of rotatable bonds is 5. The Morgan fingerprint density at radius 1 is 1.08 bits per heavy atom. The predicted molar refractivity (Wildman–Crippen MR) is 111 cm³/mol. The molecule has 26 heavy (non-hydrogen) atoms. The van der Waals surface area contributed by atoms with Crippen molar-refractivity contribution in [1.29, 1.82) is 0 Å². The molecule has 2 aromatic carbocycles. The standard InChI is InChI=1S/C20H17NO3S.BrH/c1-3-23-17-9-8-14(11-19(17)22-2)20-21-15(12-25-20)18-10-13-6-4-5-7-16(13)24-18;/h4-12H,3H2,1-2H3;1H. The van der Waals surface area contributed by atoms with Crippen LogP contribution in [0.15, 0.2) is 58.3 Å². The van der Waals surface area contributed by atoms with Crippen LogP contribution in [0, 0.1) is 0 Å². The van der Waals surface area contributed by atoms with Crippen LogP contribution in [0.2, 0.25) is 0 Å². The number of nitrogens with zero attached hydrogens (tertiary/aromatic N) is 1. The van der Waals surface area contributed by atoms with Crippen LogP contribution in [0.25, 0.3) is 33.0 Å². The van der Waals surface area contributed by atoms with Gasteiger partial charge < -0.3 is 13.9 Å². The maximum absolute atomic E-state index is 5.90. The zero-order chi connectivity index (χ0) is 17.2. The Kier molecular flexibility index (Phi) is 5.64. The van der Waals surface area contributed by atoms with Gasteiger partial charge in [0.25, 0.3) is 0 Å². The highest BCUT2D eigenvalue weighted by molar-refractivity contribution is 8.93. The number of aromatic nitrogens is 1. The van der Waals surface area contributed by atoms with Gasteiger partial charge in [-0.3, -0.25) is 0 Å². The second kappa shape index (κ2) is 7.93. The van der Waals surface area contributed by atoms with Gasteiger partial charge in [0.1, 0.15) is 16.3 Å². The number of hydrogen-bond donors (Lipinski definition) is 0. The lowest BCUT2D eigenvalue weighted by molar-refractivity contribution is 0.311. The second-order valence-corrected chi connectivity index (χ2v) is 6.34. The molecule has 4 aromatic rings. The maximum Gasteiger partial charge on any atom is 0.161 e. The molecule has 0 aliphatic carbocycles. The summed E-state index contributed by atoms with van der Waals surface area (Å²) in [7, 11) is 1.64. The first-order valence-electron chi connectivity index (χ1n) is 8.04. The molecule has 0 aliphatic heterocycles. The van der Waals surface area contributed by atoms with Gasteiger partial charge in [-0.05, 0) is 37.3 Å². The molecule has 0 fully saturated rings. The smallest absolute Gasteiger partial charge is 0.161 e. The Morgan fingerprint density at radius 3 is 2.69 bits per heavy atom. The third-order valence-corrected chi connectivity index (χ3v) is 4.78. The zero-order valence-electron chi connectivity index (χ0n) is 14.4. The van der Waals surface area contributed by atoms with Gasteiger partial charge in [0.15, 0.2) is 17.3 Å². The van der Waals surface area contributed by atoms with Gasteiger partial charge in [0.2, 0.25) is 0 Å². The Bertz CT molecular complexity index is 992. The van der Waals surface area contributed by atoms with Crippen LogP contribution in [0.1, 0.15) is 6.92 Å². The normalized spacial score (nSPS) is 10.5. The van der Waals surface area contributed by atoms with Crippen LogP contribution in [-0.4, -0.2) is 18.7 Å². The van der Waals surface area contributed by atoms with E-state index in [-0.39, 0.29) is 17.0 Å². The highest BCUT2D eigenvalue weighted by Crippen LogP contribution is 2.36. The van der Waals surface area contributed by atoms with Crippen molar-refractivity contribution < 1.29 is 13.9 Å². The lowest BCUT2D eigenvalue weighted by Crippen LogP contribution is -1.95. The van der Waals surface area contributed by atoms with Crippen LogP contribution in [-0.2, 0) is 0 Å². The van der Waals surface area contributed by atoms with Crippen molar-refractivity contribution in [2.75, 3.05) is 13.7 Å². The molecule has 134 valence electrons. The Balaban J connectivity index is 0.00000196. The van der Waals surface area contributed by atoms with Crippen molar-refractivity contribution in [3.8, 4) is 33.5 Å². The predicted octanol–water partition coefficient (Wildman–Crippen LogP) is 6.21. The quantitative estimate of drug-likeness (QED) is 0.376. The molecule has 0 spiro atoms. The largest absolute Gasteiger partial charge is 0.493 e. The number of halogens is 1. The van der Waals surface area contributed by atoms with Gasteiger partial charge in [-0.25, -0.2) is 4.98 Å². The fourth-order valence-corrected chi connectivity index (χ4v) is 3.51. The Hall–Kier alpha value is -2.31. The molecule has 4 rings (SSSR count). The van der Waals surface area contributed by atoms with Crippen LogP contribution >= 0.6 is 28.3 Å².